The van der Waals surface area contributed by atoms with Crippen molar-refractivity contribution in [1.82, 2.24) is 10.2 Å². The summed E-state index contributed by atoms with van der Waals surface area (Å²) in [5.74, 6) is 1.66. The second-order valence-electron chi connectivity index (χ2n) is 7.28. The van der Waals surface area contributed by atoms with Crippen LogP contribution in [0.4, 0.5) is 0 Å². The average molecular weight is 277 g/mol. The van der Waals surface area contributed by atoms with Gasteiger partial charge in [-0.25, -0.2) is 0 Å². The number of hydrogen-bond acceptors (Lipinski definition) is 3. The van der Waals surface area contributed by atoms with Crippen molar-refractivity contribution in [2.45, 2.75) is 70.9 Å². The molecule has 0 radical (unpaired) electrons. The summed E-state index contributed by atoms with van der Waals surface area (Å²) in [7, 11) is 0. The lowest BCUT2D eigenvalue weighted by atomic mass is 9.89. The van der Waals surface area contributed by atoms with Crippen LogP contribution in [0.15, 0.2) is 0 Å². The van der Waals surface area contributed by atoms with Crippen LogP contribution in [0.2, 0.25) is 0 Å². The fourth-order valence-corrected chi connectivity index (χ4v) is 3.72. The van der Waals surface area contributed by atoms with Crippen molar-refractivity contribution in [3.8, 4) is 6.07 Å². The third-order valence-electron chi connectivity index (χ3n) is 4.90. The Morgan fingerprint density at radius 3 is 2.40 bits per heavy atom. The molecular formula is C17H31N3. The standard InChI is InChI=1S/C17H31N3/c1-4-17(13-18,19-16-6-7-16)8-5-9-20-11-14(2)10-15(3)12-20/h14-16,19H,4-12H2,1-3H3. The van der Waals surface area contributed by atoms with E-state index in [0.29, 0.717) is 6.04 Å². The van der Waals surface area contributed by atoms with Crippen molar-refractivity contribution >= 4 is 0 Å². The first-order valence-corrected chi connectivity index (χ1v) is 8.48. The minimum Gasteiger partial charge on any atom is -0.303 e. The molecule has 1 saturated heterocycles. The van der Waals surface area contributed by atoms with E-state index in [9.17, 15) is 5.26 Å². The zero-order valence-electron chi connectivity index (χ0n) is 13.5. The number of nitriles is 1. The van der Waals surface area contributed by atoms with E-state index < -0.39 is 0 Å². The first kappa shape index (κ1) is 15.8. The number of hydrogen-bond donors (Lipinski definition) is 1. The van der Waals surface area contributed by atoms with E-state index in [-0.39, 0.29) is 5.54 Å². The van der Waals surface area contributed by atoms with Crippen molar-refractivity contribution in [2.24, 2.45) is 11.8 Å². The number of piperidine rings is 1. The molecule has 114 valence electrons. The molecule has 1 N–H and O–H groups in total. The minimum atomic E-state index is -0.270. The molecule has 2 aliphatic rings. The molecule has 2 fully saturated rings. The predicted octanol–water partition coefficient (Wildman–Crippen LogP) is 3.17. The van der Waals surface area contributed by atoms with Gasteiger partial charge >= 0.3 is 0 Å². The summed E-state index contributed by atoms with van der Waals surface area (Å²) in [4.78, 5) is 2.60. The molecule has 3 unspecified atom stereocenters. The van der Waals surface area contributed by atoms with E-state index in [1.807, 2.05) is 0 Å². The maximum absolute atomic E-state index is 9.55. The Hall–Kier alpha value is -0.590. The average Bonchev–Trinajstić information content (AvgIpc) is 3.20. The van der Waals surface area contributed by atoms with Crippen LogP contribution in [0.25, 0.3) is 0 Å². The quantitative estimate of drug-likeness (QED) is 0.777. The lowest BCUT2D eigenvalue weighted by molar-refractivity contribution is 0.136. The highest BCUT2D eigenvalue weighted by Crippen LogP contribution is 2.27. The maximum atomic E-state index is 9.55. The van der Waals surface area contributed by atoms with E-state index in [4.69, 9.17) is 0 Å². The Morgan fingerprint density at radius 2 is 1.90 bits per heavy atom. The van der Waals surface area contributed by atoms with Gasteiger partial charge in [0.25, 0.3) is 0 Å². The highest BCUT2D eigenvalue weighted by atomic mass is 15.1. The molecule has 0 spiro atoms. The molecule has 20 heavy (non-hydrogen) atoms. The zero-order chi connectivity index (χ0) is 14.6. The zero-order valence-corrected chi connectivity index (χ0v) is 13.5. The van der Waals surface area contributed by atoms with Gasteiger partial charge in [-0.2, -0.15) is 5.26 Å². The second-order valence-corrected chi connectivity index (χ2v) is 7.28. The van der Waals surface area contributed by atoms with Gasteiger partial charge < -0.3 is 4.90 Å². The van der Waals surface area contributed by atoms with E-state index in [1.165, 1.54) is 32.4 Å². The predicted molar refractivity (Wildman–Crippen MR) is 83.4 cm³/mol. The van der Waals surface area contributed by atoms with Crippen molar-refractivity contribution < 1.29 is 0 Å². The number of nitrogens with one attached hydrogen (secondary N) is 1. The molecule has 3 nitrogen and oxygen atoms in total. The molecule has 0 bridgehead atoms. The third kappa shape index (κ3) is 4.46. The molecule has 1 heterocycles. The van der Waals surface area contributed by atoms with E-state index >= 15 is 0 Å². The van der Waals surface area contributed by atoms with Crippen LogP contribution in [0.1, 0.15) is 59.3 Å². The van der Waals surface area contributed by atoms with Gasteiger partial charge in [0.1, 0.15) is 5.54 Å². The van der Waals surface area contributed by atoms with Gasteiger partial charge in [0, 0.05) is 19.1 Å². The van der Waals surface area contributed by atoms with Crippen LogP contribution in [0.3, 0.4) is 0 Å². The molecule has 0 aromatic rings. The van der Waals surface area contributed by atoms with E-state index in [2.05, 4.69) is 37.1 Å². The number of likely N-dealkylation sites (tertiary alicyclic amines) is 1. The molecule has 1 aliphatic carbocycles. The van der Waals surface area contributed by atoms with Gasteiger partial charge in [-0.05, 0) is 56.9 Å². The summed E-state index contributed by atoms with van der Waals surface area (Å²) in [6, 6.07) is 3.18. The van der Waals surface area contributed by atoms with Gasteiger partial charge in [-0.3, -0.25) is 5.32 Å². The van der Waals surface area contributed by atoms with Crippen LogP contribution in [0, 0.1) is 23.2 Å². The monoisotopic (exact) mass is 277 g/mol. The SMILES string of the molecule is CCC(C#N)(CCCN1CC(C)CC(C)C1)NC1CC1. The molecule has 3 atom stereocenters. The van der Waals surface area contributed by atoms with Crippen LogP contribution in [-0.4, -0.2) is 36.1 Å². The second kappa shape index (κ2) is 6.91. The van der Waals surface area contributed by atoms with Crippen LogP contribution in [0.5, 0.6) is 0 Å². The van der Waals surface area contributed by atoms with Crippen molar-refractivity contribution in [3.63, 3.8) is 0 Å². The molecule has 0 aromatic carbocycles. The van der Waals surface area contributed by atoms with Crippen LogP contribution >= 0.6 is 0 Å². The van der Waals surface area contributed by atoms with Crippen molar-refractivity contribution in [2.75, 3.05) is 19.6 Å². The highest BCUT2D eigenvalue weighted by molar-refractivity contribution is 5.09. The summed E-state index contributed by atoms with van der Waals surface area (Å²) in [5, 5.41) is 13.1. The van der Waals surface area contributed by atoms with Gasteiger partial charge in [0.15, 0.2) is 0 Å². The summed E-state index contributed by atoms with van der Waals surface area (Å²) >= 11 is 0. The topological polar surface area (TPSA) is 39.1 Å². The molecular weight excluding hydrogens is 246 g/mol. The van der Waals surface area contributed by atoms with Gasteiger partial charge in [0.05, 0.1) is 6.07 Å². The van der Waals surface area contributed by atoms with Gasteiger partial charge in [-0.1, -0.05) is 20.8 Å². The summed E-state index contributed by atoms with van der Waals surface area (Å²) in [6.07, 6.45) is 6.94. The molecule has 1 aliphatic heterocycles. The highest BCUT2D eigenvalue weighted by Gasteiger charge is 2.34. The van der Waals surface area contributed by atoms with Crippen LogP contribution in [-0.2, 0) is 0 Å². The maximum Gasteiger partial charge on any atom is 0.106 e. The Bertz CT molecular complexity index is 335. The Kier molecular flexibility index (Phi) is 5.46. The normalized spacial score (nSPS) is 30.7. The summed E-state index contributed by atoms with van der Waals surface area (Å²) in [5.41, 5.74) is -0.270. The van der Waals surface area contributed by atoms with Crippen molar-refractivity contribution in [1.29, 1.82) is 5.26 Å². The first-order chi connectivity index (χ1) is 9.57. The largest absolute Gasteiger partial charge is 0.303 e. The summed E-state index contributed by atoms with van der Waals surface area (Å²) in [6.45, 7) is 10.5. The fourth-order valence-electron chi connectivity index (χ4n) is 3.72. The fraction of sp³-hybridized carbons (Fsp3) is 0.941. The number of nitrogens with zero attached hydrogens (tertiary/aromatic N) is 2. The lowest BCUT2D eigenvalue weighted by Crippen LogP contribution is -2.46. The Labute approximate surface area is 124 Å². The first-order valence-electron chi connectivity index (χ1n) is 8.48. The van der Waals surface area contributed by atoms with Gasteiger partial charge in [-0.15, -0.1) is 0 Å². The Morgan fingerprint density at radius 1 is 1.25 bits per heavy atom. The molecule has 3 heteroatoms. The Balaban J connectivity index is 1.76. The summed E-state index contributed by atoms with van der Waals surface area (Å²) < 4.78 is 0. The molecule has 0 amide bonds. The van der Waals surface area contributed by atoms with E-state index in [1.54, 1.807) is 0 Å². The van der Waals surface area contributed by atoms with Crippen molar-refractivity contribution in [3.05, 3.63) is 0 Å². The third-order valence-corrected chi connectivity index (χ3v) is 4.90. The smallest absolute Gasteiger partial charge is 0.106 e. The minimum absolute atomic E-state index is 0.270. The van der Waals surface area contributed by atoms with E-state index in [0.717, 1.165) is 37.6 Å². The lowest BCUT2D eigenvalue weighted by Gasteiger charge is -2.35. The van der Waals surface area contributed by atoms with Gasteiger partial charge in [0.2, 0.25) is 0 Å². The molecule has 0 aromatic heterocycles. The molecule has 2 rings (SSSR count). The number of rotatable bonds is 7. The van der Waals surface area contributed by atoms with Crippen LogP contribution < -0.4 is 5.32 Å². The molecule has 1 saturated carbocycles.